The molecule has 0 saturated carbocycles. The molecule has 96 valence electrons. The Morgan fingerprint density at radius 1 is 1.41 bits per heavy atom. The highest BCUT2D eigenvalue weighted by atomic mass is 16.5. The monoisotopic (exact) mass is 244 g/mol. The average molecular weight is 244 g/mol. The minimum Gasteiger partial charge on any atom is -0.394 e. The number of nitrogens with zero attached hydrogens (tertiary/aromatic N) is 1. The summed E-state index contributed by atoms with van der Waals surface area (Å²) in [5.74, 6) is 0. The number of aliphatic hydroxyl groups excluding tert-OH is 2. The molecule has 1 atom stereocenters. The normalized spacial score (nSPS) is 13.0. The molecule has 1 rings (SSSR count). The van der Waals surface area contributed by atoms with Crippen molar-refractivity contribution in [1.29, 1.82) is 0 Å². The van der Waals surface area contributed by atoms with E-state index in [2.05, 4.69) is 4.98 Å². The second-order valence-electron chi connectivity index (χ2n) is 3.70. The molecule has 0 bridgehead atoms. The predicted octanol–water partition coefficient (Wildman–Crippen LogP) is -1.27. The van der Waals surface area contributed by atoms with Gasteiger partial charge in [0.2, 0.25) is 0 Å². The molecule has 0 fully saturated rings. The number of hydrogen-bond donors (Lipinski definition) is 3. The SMILES string of the molecule is Cc1cn([C@@H](C)OC(CO)CO)c(=O)[nH]c1=O. The molecule has 0 aromatic carbocycles. The number of nitrogens with one attached hydrogen (secondary N) is 1. The van der Waals surface area contributed by atoms with Gasteiger partial charge in [-0.05, 0) is 13.8 Å². The summed E-state index contributed by atoms with van der Waals surface area (Å²) in [6, 6.07) is 0. The number of ether oxygens (including phenoxy) is 1. The lowest BCUT2D eigenvalue weighted by molar-refractivity contribution is -0.0871. The van der Waals surface area contributed by atoms with E-state index < -0.39 is 23.6 Å². The van der Waals surface area contributed by atoms with Crippen molar-refractivity contribution in [3.63, 3.8) is 0 Å². The maximum Gasteiger partial charge on any atom is 0.330 e. The lowest BCUT2D eigenvalue weighted by Gasteiger charge is -2.20. The summed E-state index contributed by atoms with van der Waals surface area (Å²) in [5.41, 5.74) is -0.661. The summed E-state index contributed by atoms with van der Waals surface area (Å²) in [6.45, 7) is 2.45. The van der Waals surface area contributed by atoms with Crippen molar-refractivity contribution < 1.29 is 14.9 Å². The number of rotatable bonds is 5. The van der Waals surface area contributed by atoms with Crippen LogP contribution in [0.3, 0.4) is 0 Å². The van der Waals surface area contributed by atoms with E-state index in [1.54, 1.807) is 13.8 Å². The van der Waals surface area contributed by atoms with Crippen molar-refractivity contribution in [2.45, 2.75) is 26.2 Å². The maximum atomic E-state index is 11.5. The zero-order valence-electron chi connectivity index (χ0n) is 9.71. The van der Waals surface area contributed by atoms with Crippen LogP contribution in [0.25, 0.3) is 0 Å². The first kappa shape index (κ1) is 13.6. The fourth-order valence-electron chi connectivity index (χ4n) is 1.34. The number of aromatic amines is 1. The summed E-state index contributed by atoms with van der Waals surface area (Å²) >= 11 is 0. The fourth-order valence-corrected chi connectivity index (χ4v) is 1.34. The summed E-state index contributed by atoms with van der Waals surface area (Å²) in [6.07, 6.45) is -0.0797. The second-order valence-corrected chi connectivity index (χ2v) is 3.70. The van der Waals surface area contributed by atoms with E-state index in [0.29, 0.717) is 5.56 Å². The first-order valence-electron chi connectivity index (χ1n) is 5.18. The summed E-state index contributed by atoms with van der Waals surface area (Å²) in [7, 11) is 0. The van der Waals surface area contributed by atoms with Gasteiger partial charge >= 0.3 is 5.69 Å². The van der Waals surface area contributed by atoms with Gasteiger partial charge in [0.05, 0.1) is 13.2 Å². The summed E-state index contributed by atoms with van der Waals surface area (Å²) < 4.78 is 6.44. The molecular weight excluding hydrogens is 228 g/mol. The Balaban J connectivity index is 2.96. The Morgan fingerprint density at radius 2 is 2.00 bits per heavy atom. The third-order valence-electron chi connectivity index (χ3n) is 2.33. The molecule has 17 heavy (non-hydrogen) atoms. The van der Waals surface area contributed by atoms with Crippen LogP contribution in [0, 0.1) is 6.92 Å². The first-order chi connectivity index (χ1) is 7.99. The Kier molecular flexibility index (Phi) is 4.62. The molecule has 0 amide bonds. The Morgan fingerprint density at radius 3 is 2.53 bits per heavy atom. The molecule has 0 aliphatic heterocycles. The van der Waals surface area contributed by atoms with Crippen LogP contribution in [0.1, 0.15) is 18.7 Å². The smallest absolute Gasteiger partial charge is 0.330 e. The van der Waals surface area contributed by atoms with Crippen LogP contribution in [0.5, 0.6) is 0 Å². The quantitative estimate of drug-likeness (QED) is 0.599. The van der Waals surface area contributed by atoms with Crippen molar-refractivity contribution in [2.24, 2.45) is 0 Å². The van der Waals surface area contributed by atoms with Gasteiger partial charge in [0.1, 0.15) is 12.3 Å². The largest absolute Gasteiger partial charge is 0.394 e. The molecule has 0 spiro atoms. The van der Waals surface area contributed by atoms with Crippen LogP contribution in [0.15, 0.2) is 15.8 Å². The lowest BCUT2D eigenvalue weighted by Crippen LogP contribution is -2.35. The number of aryl methyl sites for hydroxylation is 1. The summed E-state index contributed by atoms with van der Waals surface area (Å²) in [4.78, 5) is 24.8. The van der Waals surface area contributed by atoms with Crippen molar-refractivity contribution in [3.05, 3.63) is 32.6 Å². The maximum absolute atomic E-state index is 11.5. The molecule has 1 aromatic heterocycles. The lowest BCUT2D eigenvalue weighted by atomic mass is 10.3. The summed E-state index contributed by atoms with van der Waals surface area (Å²) in [5, 5.41) is 17.7. The topological polar surface area (TPSA) is 105 Å². The van der Waals surface area contributed by atoms with E-state index in [9.17, 15) is 9.59 Å². The molecule has 7 heteroatoms. The standard InChI is InChI=1S/C10H16N2O5/c1-6-3-12(10(16)11-9(6)15)7(2)17-8(4-13)5-14/h3,7-8,13-14H,4-5H2,1-2H3,(H,11,15,16)/t7-/m1/s1. The van der Waals surface area contributed by atoms with Crippen LogP contribution in [-0.4, -0.2) is 39.1 Å². The molecule has 0 radical (unpaired) electrons. The minimum atomic E-state index is -0.760. The number of aliphatic hydroxyl groups is 2. The van der Waals surface area contributed by atoms with Crippen LogP contribution < -0.4 is 11.2 Å². The third-order valence-corrected chi connectivity index (χ3v) is 2.33. The number of H-pyrrole nitrogens is 1. The van der Waals surface area contributed by atoms with E-state index >= 15 is 0 Å². The Labute approximate surface area is 97.3 Å². The Bertz CT molecular complexity index is 474. The van der Waals surface area contributed by atoms with Gasteiger partial charge in [-0.1, -0.05) is 0 Å². The van der Waals surface area contributed by atoms with Gasteiger partial charge in [-0.2, -0.15) is 0 Å². The third kappa shape index (κ3) is 3.26. The zero-order valence-corrected chi connectivity index (χ0v) is 9.71. The van der Waals surface area contributed by atoms with E-state index in [1.165, 1.54) is 10.8 Å². The molecule has 0 aliphatic rings. The van der Waals surface area contributed by atoms with Gasteiger partial charge in [-0.25, -0.2) is 4.79 Å². The average Bonchev–Trinajstić information content (AvgIpc) is 2.30. The van der Waals surface area contributed by atoms with Crippen LogP contribution >= 0.6 is 0 Å². The van der Waals surface area contributed by atoms with E-state index in [4.69, 9.17) is 14.9 Å². The zero-order chi connectivity index (χ0) is 13.0. The van der Waals surface area contributed by atoms with E-state index in [0.717, 1.165) is 0 Å². The van der Waals surface area contributed by atoms with Gasteiger partial charge in [0.15, 0.2) is 0 Å². The van der Waals surface area contributed by atoms with Crippen LogP contribution in [0.4, 0.5) is 0 Å². The predicted molar refractivity (Wildman–Crippen MR) is 59.8 cm³/mol. The molecule has 1 heterocycles. The van der Waals surface area contributed by atoms with Crippen molar-refractivity contribution in [3.8, 4) is 0 Å². The van der Waals surface area contributed by atoms with E-state index in [1.807, 2.05) is 0 Å². The molecule has 7 nitrogen and oxygen atoms in total. The van der Waals surface area contributed by atoms with E-state index in [-0.39, 0.29) is 13.2 Å². The molecular formula is C10H16N2O5. The van der Waals surface area contributed by atoms with Crippen molar-refractivity contribution in [1.82, 2.24) is 9.55 Å². The van der Waals surface area contributed by atoms with Crippen molar-refractivity contribution >= 4 is 0 Å². The second kappa shape index (κ2) is 5.76. The highest BCUT2D eigenvalue weighted by Crippen LogP contribution is 2.07. The highest BCUT2D eigenvalue weighted by Gasteiger charge is 2.14. The number of hydrogen-bond acceptors (Lipinski definition) is 5. The molecule has 1 aromatic rings. The van der Waals surface area contributed by atoms with Gasteiger partial charge in [-0.15, -0.1) is 0 Å². The molecule has 3 N–H and O–H groups in total. The Hall–Kier alpha value is -1.44. The van der Waals surface area contributed by atoms with Crippen LogP contribution in [0.2, 0.25) is 0 Å². The minimum absolute atomic E-state index is 0.349. The molecule has 0 unspecified atom stereocenters. The van der Waals surface area contributed by atoms with Crippen molar-refractivity contribution in [2.75, 3.05) is 13.2 Å². The van der Waals surface area contributed by atoms with Gasteiger partial charge in [0, 0.05) is 11.8 Å². The molecule has 0 saturated heterocycles. The number of aromatic nitrogens is 2. The van der Waals surface area contributed by atoms with Crippen LogP contribution in [-0.2, 0) is 4.74 Å². The van der Waals surface area contributed by atoms with Gasteiger partial charge in [-0.3, -0.25) is 14.3 Å². The highest BCUT2D eigenvalue weighted by molar-refractivity contribution is 5.01. The van der Waals surface area contributed by atoms with Gasteiger partial charge < -0.3 is 14.9 Å². The van der Waals surface area contributed by atoms with Gasteiger partial charge in [0.25, 0.3) is 5.56 Å². The fraction of sp³-hybridized carbons (Fsp3) is 0.600. The molecule has 0 aliphatic carbocycles. The first-order valence-corrected chi connectivity index (χ1v) is 5.18.